The molecule has 0 atom stereocenters. The summed E-state index contributed by atoms with van der Waals surface area (Å²) in [5.41, 5.74) is 7.85. The molecule has 1 aliphatic heterocycles. The summed E-state index contributed by atoms with van der Waals surface area (Å²) in [6, 6.07) is 14.4. The molecule has 0 saturated carbocycles. The highest BCUT2D eigenvalue weighted by atomic mass is 16.5. The predicted molar refractivity (Wildman–Crippen MR) is 110 cm³/mol. The zero-order chi connectivity index (χ0) is 20.6. The second-order valence-corrected chi connectivity index (χ2v) is 6.58. The second kappa shape index (κ2) is 9.59. The van der Waals surface area contributed by atoms with Crippen LogP contribution in [0.1, 0.15) is 29.3 Å². The minimum atomic E-state index is -0.597. The molecular formula is C21H24N4O4. The molecule has 3 rings (SSSR count). The number of ether oxygens (including phenoxy) is 1. The summed E-state index contributed by atoms with van der Waals surface area (Å²) in [4.78, 5) is 38.1. The lowest BCUT2D eigenvalue weighted by Gasteiger charge is -2.30. The summed E-state index contributed by atoms with van der Waals surface area (Å²) in [7, 11) is 0. The molecule has 152 valence electrons. The number of rotatable bonds is 5. The molecular weight excluding hydrogens is 372 g/mol. The van der Waals surface area contributed by atoms with Gasteiger partial charge < -0.3 is 9.64 Å². The van der Waals surface area contributed by atoms with Gasteiger partial charge in [-0.2, -0.15) is 0 Å². The van der Waals surface area contributed by atoms with E-state index in [1.54, 1.807) is 25.1 Å². The Balaban J connectivity index is 1.53. The van der Waals surface area contributed by atoms with E-state index in [2.05, 4.69) is 22.2 Å². The lowest BCUT2D eigenvalue weighted by atomic mass is 10.0. The molecule has 0 aromatic heterocycles. The SMILES string of the molecule is CCOC(=O)Nc1cccc(C(=O)NNC(=O)CN2CCCc3ccccc32)c1. The minimum absolute atomic E-state index is 0.155. The number of carbonyl (C=O) groups is 3. The third-order valence-electron chi connectivity index (χ3n) is 4.50. The standard InChI is InChI=1S/C21H24N4O4/c1-2-29-21(28)22-17-10-5-8-16(13-17)20(27)24-23-19(26)14-25-12-6-9-15-7-3-4-11-18(15)25/h3-5,7-8,10-11,13H,2,6,9,12,14H2,1H3,(H,22,28)(H,23,26)(H,24,27). The van der Waals surface area contributed by atoms with Crippen LogP contribution in [0.5, 0.6) is 0 Å². The molecule has 2 aromatic carbocycles. The first-order valence-corrected chi connectivity index (χ1v) is 9.52. The largest absolute Gasteiger partial charge is 0.450 e. The fraction of sp³-hybridized carbons (Fsp3) is 0.286. The molecule has 1 aliphatic rings. The Hall–Kier alpha value is -3.55. The van der Waals surface area contributed by atoms with E-state index < -0.39 is 12.0 Å². The van der Waals surface area contributed by atoms with Crippen LogP contribution in [0.25, 0.3) is 0 Å². The van der Waals surface area contributed by atoms with Crippen molar-refractivity contribution < 1.29 is 19.1 Å². The molecule has 0 bridgehead atoms. The number of fused-ring (bicyclic) bond motifs is 1. The predicted octanol–water partition coefficient (Wildman–Crippen LogP) is 2.47. The number of para-hydroxylation sites is 1. The number of nitrogens with zero attached hydrogens (tertiary/aromatic N) is 1. The van der Waals surface area contributed by atoms with Crippen LogP contribution in [0.2, 0.25) is 0 Å². The topological polar surface area (TPSA) is 99.8 Å². The zero-order valence-electron chi connectivity index (χ0n) is 16.2. The fourth-order valence-corrected chi connectivity index (χ4v) is 3.21. The molecule has 0 unspecified atom stereocenters. The number of amides is 3. The summed E-state index contributed by atoms with van der Waals surface area (Å²) >= 11 is 0. The van der Waals surface area contributed by atoms with Crippen molar-refractivity contribution in [1.29, 1.82) is 0 Å². The Kier molecular flexibility index (Phi) is 6.67. The van der Waals surface area contributed by atoms with Gasteiger partial charge in [-0.25, -0.2) is 4.79 Å². The molecule has 3 N–H and O–H groups in total. The molecule has 0 aliphatic carbocycles. The van der Waals surface area contributed by atoms with Crippen LogP contribution in [0.3, 0.4) is 0 Å². The Morgan fingerprint density at radius 3 is 2.72 bits per heavy atom. The zero-order valence-corrected chi connectivity index (χ0v) is 16.2. The number of hydrogen-bond donors (Lipinski definition) is 3. The lowest BCUT2D eigenvalue weighted by Crippen LogP contribution is -2.47. The maximum absolute atomic E-state index is 12.3. The molecule has 3 amide bonds. The highest BCUT2D eigenvalue weighted by molar-refractivity contribution is 5.97. The third-order valence-corrected chi connectivity index (χ3v) is 4.50. The van der Waals surface area contributed by atoms with Gasteiger partial charge in [0.15, 0.2) is 0 Å². The first-order valence-electron chi connectivity index (χ1n) is 9.52. The highest BCUT2D eigenvalue weighted by Gasteiger charge is 2.19. The Morgan fingerprint density at radius 1 is 1.07 bits per heavy atom. The van der Waals surface area contributed by atoms with Gasteiger partial charge in [0, 0.05) is 23.5 Å². The van der Waals surface area contributed by atoms with Gasteiger partial charge in [-0.3, -0.25) is 25.8 Å². The molecule has 1 heterocycles. The van der Waals surface area contributed by atoms with Gasteiger partial charge in [0.1, 0.15) is 0 Å². The van der Waals surface area contributed by atoms with E-state index in [4.69, 9.17) is 4.74 Å². The van der Waals surface area contributed by atoms with Crippen molar-refractivity contribution in [2.45, 2.75) is 19.8 Å². The van der Waals surface area contributed by atoms with Gasteiger partial charge in [0.2, 0.25) is 0 Å². The van der Waals surface area contributed by atoms with E-state index in [0.29, 0.717) is 11.3 Å². The number of benzene rings is 2. The summed E-state index contributed by atoms with van der Waals surface area (Å²) in [5, 5.41) is 2.53. The number of aryl methyl sites for hydroxylation is 1. The van der Waals surface area contributed by atoms with E-state index in [1.165, 1.54) is 11.6 Å². The molecule has 2 aromatic rings. The van der Waals surface area contributed by atoms with Crippen molar-refractivity contribution in [2.24, 2.45) is 0 Å². The third kappa shape index (κ3) is 5.47. The van der Waals surface area contributed by atoms with Gasteiger partial charge in [-0.15, -0.1) is 0 Å². The Labute approximate surface area is 169 Å². The summed E-state index contributed by atoms with van der Waals surface area (Å²) in [6.07, 6.45) is 1.39. The summed E-state index contributed by atoms with van der Waals surface area (Å²) < 4.78 is 4.81. The van der Waals surface area contributed by atoms with E-state index >= 15 is 0 Å². The normalized spacial score (nSPS) is 12.5. The highest BCUT2D eigenvalue weighted by Crippen LogP contribution is 2.26. The average Bonchev–Trinajstić information content (AvgIpc) is 2.72. The van der Waals surface area contributed by atoms with E-state index in [0.717, 1.165) is 25.1 Å². The van der Waals surface area contributed by atoms with Crippen LogP contribution in [-0.2, 0) is 16.0 Å². The number of carbonyl (C=O) groups excluding carboxylic acids is 3. The first-order chi connectivity index (χ1) is 14.1. The smallest absolute Gasteiger partial charge is 0.411 e. The Morgan fingerprint density at radius 2 is 1.90 bits per heavy atom. The van der Waals surface area contributed by atoms with Crippen LogP contribution < -0.4 is 21.1 Å². The van der Waals surface area contributed by atoms with Crippen LogP contribution in [0.4, 0.5) is 16.2 Å². The number of nitrogens with one attached hydrogen (secondary N) is 3. The Bertz CT molecular complexity index is 900. The van der Waals surface area contributed by atoms with Crippen LogP contribution >= 0.6 is 0 Å². The summed E-state index contributed by atoms with van der Waals surface area (Å²) in [5.74, 6) is -0.791. The van der Waals surface area contributed by atoms with Gasteiger partial charge >= 0.3 is 6.09 Å². The summed E-state index contributed by atoms with van der Waals surface area (Å²) in [6.45, 7) is 2.90. The molecule has 0 saturated heterocycles. The average molecular weight is 396 g/mol. The van der Waals surface area contributed by atoms with Gasteiger partial charge in [0.25, 0.3) is 11.8 Å². The van der Waals surface area contributed by atoms with Crippen LogP contribution in [0.15, 0.2) is 48.5 Å². The maximum atomic E-state index is 12.3. The quantitative estimate of drug-likeness (QED) is 0.674. The van der Waals surface area contributed by atoms with Crippen molar-refractivity contribution in [3.05, 3.63) is 59.7 Å². The molecule has 0 fully saturated rings. The number of anilines is 2. The van der Waals surface area contributed by atoms with Crippen molar-refractivity contribution in [3.8, 4) is 0 Å². The van der Waals surface area contributed by atoms with E-state index in [1.807, 2.05) is 23.1 Å². The van der Waals surface area contributed by atoms with Crippen LogP contribution in [0, 0.1) is 0 Å². The van der Waals surface area contributed by atoms with Crippen molar-refractivity contribution in [2.75, 3.05) is 29.9 Å². The second-order valence-electron chi connectivity index (χ2n) is 6.58. The van der Waals surface area contributed by atoms with E-state index in [-0.39, 0.29) is 19.1 Å². The number of hydrazine groups is 1. The van der Waals surface area contributed by atoms with Gasteiger partial charge in [-0.1, -0.05) is 24.3 Å². The molecule has 8 nitrogen and oxygen atoms in total. The monoisotopic (exact) mass is 396 g/mol. The molecule has 0 radical (unpaired) electrons. The minimum Gasteiger partial charge on any atom is -0.450 e. The maximum Gasteiger partial charge on any atom is 0.411 e. The lowest BCUT2D eigenvalue weighted by molar-refractivity contribution is -0.120. The van der Waals surface area contributed by atoms with Crippen molar-refractivity contribution in [3.63, 3.8) is 0 Å². The first kappa shape index (κ1) is 20.2. The molecule has 8 heteroatoms. The molecule has 29 heavy (non-hydrogen) atoms. The fourth-order valence-electron chi connectivity index (χ4n) is 3.21. The number of hydrogen-bond acceptors (Lipinski definition) is 5. The van der Waals surface area contributed by atoms with Gasteiger partial charge in [0.05, 0.1) is 13.2 Å². The van der Waals surface area contributed by atoms with Crippen molar-refractivity contribution in [1.82, 2.24) is 10.9 Å². The van der Waals surface area contributed by atoms with E-state index in [9.17, 15) is 14.4 Å². The molecule has 0 spiro atoms. The van der Waals surface area contributed by atoms with Crippen molar-refractivity contribution >= 4 is 29.3 Å². The van der Waals surface area contributed by atoms with Gasteiger partial charge in [-0.05, 0) is 49.6 Å². The van der Waals surface area contributed by atoms with Crippen LogP contribution in [-0.4, -0.2) is 37.6 Å².